The Balaban J connectivity index is 3.49. The third kappa shape index (κ3) is 5.80. The fraction of sp³-hybridized carbons (Fsp3) is 0.889. The molecular weight excluding hydrogens is 122 g/mol. The van der Waals surface area contributed by atoms with Gasteiger partial charge in [-0.2, -0.15) is 0 Å². The quantitative estimate of drug-likeness (QED) is 0.534. The van der Waals surface area contributed by atoms with Crippen LogP contribution < -0.4 is 0 Å². The van der Waals surface area contributed by atoms with Gasteiger partial charge >= 0.3 is 0 Å². The Bertz CT molecular complexity index is 103. The standard InChI is InChI=1S/C9H19N/c1-5-6-10-9(4)7-8(2)3/h8H,5-7H2,1-4H3/b10-9-. The minimum atomic E-state index is 0.751. The van der Waals surface area contributed by atoms with Crippen LogP contribution in [0, 0.1) is 5.92 Å². The molecule has 0 bridgehead atoms. The van der Waals surface area contributed by atoms with E-state index in [1.165, 1.54) is 5.71 Å². The first-order chi connectivity index (χ1) is 4.66. The SMILES string of the molecule is CCC/N=C(/C)CC(C)C. The first kappa shape index (κ1) is 9.67. The van der Waals surface area contributed by atoms with Gasteiger partial charge in [0, 0.05) is 12.3 Å². The normalized spacial score (nSPS) is 12.7. The zero-order valence-corrected chi connectivity index (χ0v) is 7.65. The van der Waals surface area contributed by atoms with Crippen molar-refractivity contribution in [3.05, 3.63) is 0 Å². The molecule has 0 radical (unpaired) electrons. The molecule has 1 nitrogen and oxygen atoms in total. The molecule has 10 heavy (non-hydrogen) atoms. The van der Waals surface area contributed by atoms with Crippen molar-refractivity contribution in [3.8, 4) is 0 Å². The molecule has 0 unspecified atom stereocenters. The molecule has 0 saturated heterocycles. The van der Waals surface area contributed by atoms with Gasteiger partial charge in [-0.05, 0) is 25.7 Å². The van der Waals surface area contributed by atoms with Crippen LogP contribution in [0.25, 0.3) is 0 Å². The van der Waals surface area contributed by atoms with E-state index in [0.29, 0.717) is 0 Å². The summed E-state index contributed by atoms with van der Waals surface area (Å²) in [5, 5.41) is 0. The molecular formula is C9H19N. The Hall–Kier alpha value is -0.330. The van der Waals surface area contributed by atoms with Crippen LogP contribution >= 0.6 is 0 Å². The summed E-state index contributed by atoms with van der Waals surface area (Å²) in [6.07, 6.45) is 2.31. The van der Waals surface area contributed by atoms with Crippen molar-refractivity contribution in [1.82, 2.24) is 0 Å². The predicted octanol–water partition coefficient (Wildman–Crippen LogP) is 2.90. The average Bonchev–Trinajstić information content (AvgIpc) is 1.82. The van der Waals surface area contributed by atoms with Gasteiger partial charge in [0.2, 0.25) is 0 Å². The van der Waals surface area contributed by atoms with E-state index in [0.717, 1.165) is 25.3 Å². The monoisotopic (exact) mass is 141 g/mol. The molecule has 0 aliphatic carbocycles. The summed E-state index contributed by atoms with van der Waals surface area (Å²) >= 11 is 0. The van der Waals surface area contributed by atoms with Gasteiger partial charge in [0.15, 0.2) is 0 Å². The summed E-state index contributed by atoms with van der Waals surface area (Å²) in [7, 11) is 0. The van der Waals surface area contributed by atoms with Crippen LogP contribution in [0.1, 0.15) is 40.5 Å². The molecule has 0 fully saturated rings. The van der Waals surface area contributed by atoms with Gasteiger partial charge in [0.1, 0.15) is 0 Å². The second kappa shape index (κ2) is 5.45. The van der Waals surface area contributed by atoms with Gasteiger partial charge in [-0.15, -0.1) is 0 Å². The number of hydrogen-bond acceptors (Lipinski definition) is 1. The van der Waals surface area contributed by atoms with E-state index in [4.69, 9.17) is 0 Å². The molecule has 0 aromatic heterocycles. The van der Waals surface area contributed by atoms with Crippen LogP contribution in [0.5, 0.6) is 0 Å². The van der Waals surface area contributed by atoms with Crippen molar-refractivity contribution in [3.63, 3.8) is 0 Å². The van der Waals surface area contributed by atoms with Gasteiger partial charge in [-0.1, -0.05) is 20.8 Å². The fourth-order valence-electron chi connectivity index (χ4n) is 0.958. The van der Waals surface area contributed by atoms with Gasteiger partial charge in [0.05, 0.1) is 0 Å². The maximum atomic E-state index is 4.40. The van der Waals surface area contributed by atoms with Crippen LogP contribution in [-0.4, -0.2) is 12.3 Å². The minimum absolute atomic E-state index is 0.751. The van der Waals surface area contributed by atoms with E-state index in [-0.39, 0.29) is 0 Å². The highest BCUT2D eigenvalue weighted by Gasteiger charge is 1.94. The molecule has 60 valence electrons. The molecule has 0 saturated carbocycles. The molecule has 0 amide bonds. The molecule has 0 atom stereocenters. The highest BCUT2D eigenvalue weighted by atomic mass is 14.7. The summed E-state index contributed by atoms with van der Waals surface area (Å²) < 4.78 is 0. The van der Waals surface area contributed by atoms with Crippen molar-refractivity contribution in [2.45, 2.75) is 40.5 Å². The lowest BCUT2D eigenvalue weighted by atomic mass is 10.1. The summed E-state index contributed by atoms with van der Waals surface area (Å²) in [6.45, 7) is 9.73. The lowest BCUT2D eigenvalue weighted by molar-refractivity contribution is 0.679. The van der Waals surface area contributed by atoms with E-state index in [9.17, 15) is 0 Å². The Kier molecular flexibility index (Phi) is 5.27. The first-order valence-corrected chi connectivity index (χ1v) is 4.16. The first-order valence-electron chi connectivity index (χ1n) is 4.16. The van der Waals surface area contributed by atoms with Crippen LogP contribution in [0.2, 0.25) is 0 Å². The molecule has 0 heterocycles. The Morgan fingerprint density at radius 2 is 2.00 bits per heavy atom. The maximum absolute atomic E-state index is 4.40. The van der Waals surface area contributed by atoms with Crippen LogP contribution in [0.3, 0.4) is 0 Å². The number of nitrogens with zero attached hydrogens (tertiary/aromatic N) is 1. The van der Waals surface area contributed by atoms with E-state index in [1.54, 1.807) is 0 Å². The second-order valence-electron chi connectivity index (χ2n) is 3.21. The Morgan fingerprint density at radius 3 is 2.40 bits per heavy atom. The molecule has 0 aliphatic heterocycles. The summed E-state index contributed by atoms with van der Waals surface area (Å²) in [4.78, 5) is 4.40. The van der Waals surface area contributed by atoms with Crippen molar-refractivity contribution in [2.24, 2.45) is 10.9 Å². The highest BCUT2D eigenvalue weighted by Crippen LogP contribution is 2.01. The summed E-state index contributed by atoms with van der Waals surface area (Å²) in [5.74, 6) is 0.751. The van der Waals surface area contributed by atoms with Crippen LogP contribution in [-0.2, 0) is 0 Å². The molecule has 0 aromatic carbocycles. The Labute approximate surface area is 64.6 Å². The van der Waals surface area contributed by atoms with Gasteiger partial charge < -0.3 is 0 Å². The smallest absolute Gasteiger partial charge is 0.0385 e. The van der Waals surface area contributed by atoms with Crippen LogP contribution in [0.15, 0.2) is 4.99 Å². The molecule has 0 aromatic rings. The lowest BCUT2D eigenvalue weighted by Crippen LogP contribution is -1.98. The van der Waals surface area contributed by atoms with E-state index >= 15 is 0 Å². The Morgan fingerprint density at radius 1 is 1.40 bits per heavy atom. The van der Waals surface area contributed by atoms with Crippen molar-refractivity contribution < 1.29 is 0 Å². The van der Waals surface area contributed by atoms with E-state index < -0.39 is 0 Å². The minimum Gasteiger partial charge on any atom is -0.294 e. The number of rotatable bonds is 4. The maximum Gasteiger partial charge on any atom is 0.0385 e. The van der Waals surface area contributed by atoms with E-state index in [1.807, 2.05) is 0 Å². The van der Waals surface area contributed by atoms with Gasteiger partial charge in [-0.25, -0.2) is 0 Å². The predicted molar refractivity (Wildman–Crippen MR) is 47.7 cm³/mol. The molecule has 0 N–H and O–H groups in total. The fourth-order valence-corrected chi connectivity index (χ4v) is 0.958. The van der Waals surface area contributed by atoms with Crippen molar-refractivity contribution in [2.75, 3.05) is 6.54 Å². The van der Waals surface area contributed by atoms with Gasteiger partial charge in [0.25, 0.3) is 0 Å². The molecule has 0 aliphatic rings. The average molecular weight is 141 g/mol. The molecule has 1 heteroatoms. The van der Waals surface area contributed by atoms with Crippen molar-refractivity contribution in [1.29, 1.82) is 0 Å². The summed E-state index contributed by atoms with van der Waals surface area (Å²) in [6, 6.07) is 0. The largest absolute Gasteiger partial charge is 0.294 e. The lowest BCUT2D eigenvalue weighted by Gasteiger charge is -2.02. The number of hydrogen-bond donors (Lipinski definition) is 0. The zero-order valence-electron chi connectivity index (χ0n) is 7.65. The second-order valence-corrected chi connectivity index (χ2v) is 3.21. The van der Waals surface area contributed by atoms with Crippen molar-refractivity contribution >= 4 is 5.71 Å². The molecule has 0 spiro atoms. The zero-order chi connectivity index (χ0) is 7.98. The molecule has 0 rings (SSSR count). The summed E-state index contributed by atoms with van der Waals surface area (Å²) in [5.41, 5.74) is 1.30. The van der Waals surface area contributed by atoms with E-state index in [2.05, 4.69) is 32.7 Å². The number of aliphatic imine (C=N–C) groups is 1. The highest BCUT2D eigenvalue weighted by molar-refractivity contribution is 5.81. The third-order valence-corrected chi connectivity index (χ3v) is 1.31. The topological polar surface area (TPSA) is 12.4 Å². The third-order valence-electron chi connectivity index (χ3n) is 1.31. The van der Waals surface area contributed by atoms with Gasteiger partial charge in [-0.3, -0.25) is 4.99 Å². The van der Waals surface area contributed by atoms with Crippen LogP contribution in [0.4, 0.5) is 0 Å².